The summed E-state index contributed by atoms with van der Waals surface area (Å²) < 4.78 is 5.31. The minimum Gasteiger partial charge on any atom is -0.379 e. The number of rotatable bonds is 2. The van der Waals surface area contributed by atoms with E-state index < -0.39 is 0 Å². The third kappa shape index (κ3) is 4.29. The highest BCUT2D eigenvalue weighted by Crippen LogP contribution is 2.03. The average molecular weight is 237 g/mol. The third-order valence-corrected chi connectivity index (χ3v) is 3.51. The molecule has 2 heterocycles. The van der Waals surface area contributed by atoms with Crippen molar-refractivity contribution >= 4 is 0 Å². The van der Waals surface area contributed by atoms with Gasteiger partial charge in [0.15, 0.2) is 0 Å². The van der Waals surface area contributed by atoms with Gasteiger partial charge in [0.25, 0.3) is 0 Å². The summed E-state index contributed by atoms with van der Waals surface area (Å²) in [5.41, 5.74) is 0. The molecule has 0 amide bonds. The minimum absolute atomic E-state index is 0.584. The van der Waals surface area contributed by atoms with Crippen LogP contribution in [0.4, 0.5) is 0 Å². The van der Waals surface area contributed by atoms with Crippen molar-refractivity contribution < 1.29 is 4.74 Å². The molecular formula is C13H23N3O. The number of morpholine rings is 1. The maximum absolute atomic E-state index is 5.31. The van der Waals surface area contributed by atoms with Gasteiger partial charge in [-0.1, -0.05) is 5.92 Å². The van der Waals surface area contributed by atoms with E-state index >= 15 is 0 Å². The Bertz CT molecular complexity index is 278. The number of nitrogens with zero attached hydrogens (tertiary/aromatic N) is 2. The molecule has 2 saturated heterocycles. The predicted molar refractivity (Wildman–Crippen MR) is 68.9 cm³/mol. The molecule has 0 aromatic rings. The maximum atomic E-state index is 5.31. The molecular weight excluding hydrogens is 214 g/mol. The highest BCUT2D eigenvalue weighted by Gasteiger charge is 2.16. The van der Waals surface area contributed by atoms with E-state index in [0.717, 1.165) is 58.9 Å². The molecule has 0 saturated carbocycles. The first-order valence-electron chi connectivity index (χ1n) is 6.53. The fraction of sp³-hybridized carbons (Fsp3) is 0.846. The summed E-state index contributed by atoms with van der Waals surface area (Å²) in [6.07, 6.45) is 0.980. The lowest BCUT2D eigenvalue weighted by Gasteiger charge is -2.31. The lowest BCUT2D eigenvalue weighted by Crippen LogP contribution is -2.48. The maximum Gasteiger partial charge on any atom is 0.0603 e. The summed E-state index contributed by atoms with van der Waals surface area (Å²) in [5, 5.41) is 3.42. The van der Waals surface area contributed by atoms with Crippen molar-refractivity contribution in [3.8, 4) is 11.8 Å². The molecule has 2 aliphatic rings. The molecule has 17 heavy (non-hydrogen) atoms. The highest BCUT2D eigenvalue weighted by molar-refractivity contribution is 5.04. The number of hydrogen-bond donors (Lipinski definition) is 1. The molecule has 0 bridgehead atoms. The Morgan fingerprint density at radius 1 is 1.24 bits per heavy atom. The standard InChI is InChI=1S/C13H23N3O/c1-15-7-5-14-12-13(15)4-2-3-6-16-8-10-17-11-9-16/h13-14H,4-12H2,1H3. The molecule has 1 unspecified atom stereocenters. The molecule has 4 nitrogen and oxygen atoms in total. The number of ether oxygens (including phenoxy) is 1. The van der Waals surface area contributed by atoms with Gasteiger partial charge in [0.1, 0.15) is 0 Å². The molecule has 4 heteroatoms. The third-order valence-electron chi connectivity index (χ3n) is 3.51. The van der Waals surface area contributed by atoms with Crippen molar-refractivity contribution in [1.82, 2.24) is 15.1 Å². The Hall–Kier alpha value is -0.600. The van der Waals surface area contributed by atoms with Crippen LogP contribution in [0.15, 0.2) is 0 Å². The van der Waals surface area contributed by atoms with Gasteiger partial charge in [-0.3, -0.25) is 9.80 Å². The van der Waals surface area contributed by atoms with Crippen molar-refractivity contribution in [2.24, 2.45) is 0 Å². The number of piperazine rings is 1. The predicted octanol–water partition coefficient (Wildman–Crippen LogP) is -0.384. The summed E-state index contributed by atoms with van der Waals surface area (Å²) in [4.78, 5) is 4.76. The van der Waals surface area contributed by atoms with Crippen molar-refractivity contribution in [2.45, 2.75) is 12.5 Å². The van der Waals surface area contributed by atoms with E-state index in [-0.39, 0.29) is 0 Å². The largest absolute Gasteiger partial charge is 0.379 e. The zero-order chi connectivity index (χ0) is 11.9. The Morgan fingerprint density at radius 2 is 2.06 bits per heavy atom. The Morgan fingerprint density at radius 3 is 2.82 bits per heavy atom. The smallest absolute Gasteiger partial charge is 0.0603 e. The summed E-state index contributed by atoms with van der Waals surface area (Å²) in [5.74, 6) is 6.61. The normalized spacial score (nSPS) is 27.5. The SMILES string of the molecule is CN1CCNCC1CC#CCN1CCOCC1. The molecule has 2 aliphatic heterocycles. The van der Waals surface area contributed by atoms with Crippen LogP contribution in [0.25, 0.3) is 0 Å². The Balaban J connectivity index is 1.66. The quantitative estimate of drug-likeness (QED) is 0.662. The van der Waals surface area contributed by atoms with E-state index in [9.17, 15) is 0 Å². The van der Waals surface area contributed by atoms with Crippen LogP contribution in [0.1, 0.15) is 6.42 Å². The van der Waals surface area contributed by atoms with Crippen molar-refractivity contribution in [2.75, 3.05) is 59.5 Å². The second-order valence-corrected chi connectivity index (χ2v) is 4.78. The van der Waals surface area contributed by atoms with Gasteiger partial charge >= 0.3 is 0 Å². The van der Waals surface area contributed by atoms with E-state index in [1.807, 2.05) is 0 Å². The lowest BCUT2D eigenvalue weighted by atomic mass is 10.1. The van der Waals surface area contributed by atoms with E-state index in [1.54, 1.807) is 0 Å². The van der Waals surface area contributed by atoms with Gasteiger partial charge in [0.2, 0.25) is 0 Å². The molecule has 0 aromatic carbocycles. The first kappa shape index (κ1) is 12.8. The molecule has 0 spiro atoms. The zero-order valence-electron chi connectivity index (χ0n) is 10.7. The molecule has 96 valence electrons. The van der Waals surface area contributed by atoms with Gasteiger partial charge in [-0.05, 0) is 7.05 Å². The van der Waals surface area contributed by atoms with E-state index in [1.165, 1.54) is 0 Å². The average Bonchev–Trinajstić information content (AvgIpc) is 2.38. The van der Waals surface area contributed by atoms with Crippen LogP contribution in [0.3, 0.4) is 0 Å². The highest BCUT2D eigenvalue weighted by atomic mass is 16.5. The lowest BCUT2D eigenvalue weighted by molar-refractivity contribution is 0.0443. The first-order chi connectivity index (χ1) is 8.36. The molecule has 2 fully saturated rings. The molecule has 2 rings (SSSR count). The fourth-order valence-electron chi connectivity index (χ4n) is 2.21. The van der Waals surface area contributed by atoms with Crippen LogP contribution in [0.5, 0.6) is 0 Å². The topological polar surface area (TPSA) is 27.7 Å². The van der Waals surface area contributed by atoms with Gasteiger partial charge in [-0.2, -0.15) is 0 Å². The number of nitrogens with one attached hydrogen (secondary N) is 1. The van der Waals surface area contributed by atoms with E-state index in [0.29, 0.717) is 6.04 Å². The molecule has 0 aliphatic carbocycles. The summed E-state index contributed by atoms with van der Waals surface area (Å²) in [6.45, 7) is 7.98. The van der Waals surface area contributed by atoms with Crippen molar-refractivity contribution in [3.05, 3.63) is 0 Å². The van der Waals surface area contributed by atoms with Crippen LogP contribution in [0, 0.1) is 11.8 Å². The van der Waals surface area contributed by atoms with Crippen molar-refractivity contribution in [1.29, 1.82) is 0 Å². The van der Waals surface area contributed by atoms with Crippen molar-refractivity contribution in [3.63, 3.8) is 0 Å². The fourth-order valence-corrected chi connectivity index (χ4v) is 2.21. The minimum atomic E-state index is 0.584. The Labute approximate surface area is 104 Å². The van der Waals surface area contributed by atoms with Gasteiger partial charge in [0.05, 0.1) is 19.8 Å². The van der Waals surface area contributed by atoms with Crippen LogP contribution in [-0.4, -0.2) is 75.4 Å². The second-order valence-electron chi connectivity index (χ2n) is 4.78. The van der Waals surface area contributed by atoms with Crippen LogP contribution in [-0.2, 0) is 4.74 Å². The number of hydrogen-bond acceptors (Lipinski definition) is 4. The monoisotopic (exact) mass is 237 g/mol. The van der Waals surface area contributed by atoms with Gasteiger partial charge in [0, 0.05) is 45.2 Å². The van der Waals surface area contributed by atoms with Crippen LogP contribution >= 0.6 is 0 Å². The number of likely N-dealkylation sites (N-methyl/N-ethyl adjacent to an activating group) is 1. The van der Waals surface area contributed by atoms with Crippen LogP contribution in [0.2, 0.25) is 0 Å². The van der Waals surface area contributed by atoms with Gasteiger partial charge in [-0.15, -0.1) is 5.92 Å². The van der Waals surface area contributed by atoms with Crippen LogP contribution < -0.4 is 5.32 Å². The van der Waals surface area contributed by atoms with Gasteiger partial charge < -0.3 is 10.1 Å². The molecule has 1 N–H and O–H groups in total. The summed E-state index contributed by atoms with van der Waals surface area (Å²) in [7, 11) is 2.19. The summed E-state index contributed by atoms with van der Waals surface area (Å²) in [6, 6.07) is 0.584. The van der Waals surface area contributed by atoms with E-state index in [4.69, 9.17) is 4.74 Å². The molecule has 0 radical (unpaired) electrons. The molecule has 1 atom stereocenters. The molecule has 0 aromatic heterocycles. The first-order valence-corrected chi connectivity index (χ1v) is 6.53. The van der Waals surface area contributed by atoms with Gasteiger partial charge in [-0.25, -0.2) is 0 Å². The van der Waals surface area contributed by atoms with E-state index in [2.05, 4.69) is 34.0 Å². The Kier molecular flexibility index (Phi) is 5.27. The summed E-state index contributed by atoms with van der Waals surface area (Å²) >= 11 is 0. The zero-order valence-corrected chi connectivity index (χ0v) is 10.7. The second kappa shape index (κ2) is 6.97.